The maximum absolute atomic E-state index is 11.3. The molecule has 1 rings (SSSR count). The summed E-state index contributed by atoms with van der Waals surface area (Å²) in [5, 5.41) is 6.87. The Morgan fingerprint density at radius 2 is 2.00 bits per heavy atom. The highest BCUT2D eigenvalue weighted by Gasteiger charge is 2.06. The molecule has 1 aromatic heterocycles. The quantitative estimate of drug-likeness (QED) is 0.872. The molecular formula is C10H19Cl2N3OS. The molecule has 0 saturated carbocycles. The largest absolute Gasteiger partial charge is 0.351 e. The van der Waals surface area contributed by atoms with E-state index in [1.165, 1.54) is 0 Å². The van der Waals surface area contributed by atoms with Gasteiger partial charge in [-0.15, -0.1) is 36.2 Å². The van der Waals surface area contributed by atoms with Crippen LogP contribution in [0.5, 0.6) is 0 Å². The topological polar surface area (TPSA) is 54.0 Å². The number of rotatable bonds is 5. The molecule has 0 fully saturated rings. The first-order chi connectivity index (χ1) is 7.13. The van der Waals surface area contributed by atoms with E-state index >= 15 is 0 Å². The van der Waals surface area contributed by atoms with Crippen LogP contribution in [0, 0.1) is 13.8 Å². The van der Waals surface area contributed by atoms with E-state index in [9.17, 15) is 4.79 Å². The molecule has 2 N–H and O–H groups in total. The lowest BCUT2D eigenvalue weighted by molar-refractivity contribution is -0.121. The lowest BCUT2D eigenvalue weighted by Gasteiger charge is -2.03. The van der Waals surface area contributed by atoms with Crippen molar-refractivity contribution in [2.75, 3.05) is 13.6 Å². The number of hydrogen-bond acceptors (Lipinski definition) is 4. The smallest absolute Gasteiger partial charge is 0.221 e. The molecule has 0 saturated heterocycles. The summed E-state index contributed by atoms with van der Waals surface area (Å²) in [5.41, 5.74) is 1.02. The SMILES string of the molecule is CNCCC(=O)NCc1sc(C)nc1C.Cl.Cl. The molecule has 100 valence electrons. The number of thiazole rings is 1. The monoisotopic (exact) mass is 299 g/mol. The summed E-state index contributed by atoms with van der Waals surface area (Å²) >= 11 is 1.64. The fourth-order valence-corrected chi connectivity index (χ4v) is 2.12. The molecule has 4 nitrogen and oxygen atoms in total. The summed E-state index contributed by atoms with van der Waals surface area (Å²) in [6.45, 7) is 5.26. The third-order valence-electron chi connectivity index (χ3n) is 2.05. The highest BCUT2D eigenvalue weighted by Crippen LogP contribution is 2.16. The van der Waals surface area contributed by atoms with Gasteiger partial charge in [-0.2, -0.15) is 0 Å². The molecule has 0 aromatic carbocycles. The van der Waals surface area contributed by atoms with Crippen LogP contribution in [0.2, 0.25) is 0 Å². The van der Waals surface area contributed by atoms with E-state index in [4.69, 9.17) is 0 Å². The minimum Gasteiger partial charge on any atom is -0.351 e. The lowest BCUT2D eigenvalue weighted by Crippen LogP contribution is -2.25. The Labute approximate surface area is 118 Å². The van der Waals surface area contributed by atoms with Gasteiger partial charge in [0.15, 0.2) is 0 Å². The van der Waals surface area contributed by atoms with Crippen molar-refractivity contribution in [1.29, 1.82) is 0 Å². The molecule has 0 aliphatic heterocycles. The van der Waals surface area contributed by atoms with Crippen LogP contribution in [-0.2, 0) is 11.3 Å². The molecule has 17 heavy (non-hydrogen) atoms. The van der Waals surface area contributed by atoms with Crippen LogP contribution >= 0.6 is 36.2 Å². The number of aryl methyl sites for hydroxylation is 2. The molecule has 0 unspecified atom stereocenters. The zero-order chi connectivity index (χ0) is 11.3. The summed E-state index contributed by atoms with van der Waals surface area (Å²) < 4.78 is 0. The molecule has 0 atom stereocenters. The van der Waals surface area contributed by atoms with Crippen molar-refractivity contribution < 1.29 is 4.79 Å². The van der Waals surface area contributed by atoms with Gasteiger partial charge in [-0.1, -0.05) is 0 Å². The predicted octanol–water partition coefficient (Wildman–Crippen LogP) is 1.83. The van der Waals surface area contributed by atoms with E-state index in [1.807, 2.05) is 20.9 Å². The number of carbonyl (C=O) groups excluding carboxylic acids is 1. The maximum atomic E-state index is 11.3. The van der Waals surface area contributed by atoms with E-state index in [0.717, 1.165) is 15.6 Å². The molecule has 7 heteroatoms. The normalized spacial score (nSPS) is 9.12. The molecule has 0 bridgehead atoms. The van der Waals surface area contributed by atoms with Gasteiger partial charge in [0, 0.05) is 17.8 Å². The van der Waals surface area contributed by atoms with Crippen LogP contribution in [0.1, 0.15) is 22.0 Å². The van der Waals surface area contributed by atoms with Gasteiger partial charge < -0.3 is 10.6 Å². The van der Waals surface area contributed by atoms with E-state index in [2.05, 4.69) is 15.6 Å². The number of carbonyl (C=O) groups is 1. The summed E-state index contributed by atoms with van der Waals surface area (Å²) in [7, 11) is 1.84. The second-order valence-electron chi connectivity index (χ2n) is 3.37. The van der Waals surface area contributed by atoms with Crippen molar-refractivity contribution in [1.82, 2.24) is 15.6 Å². The Balaban J connectivity index is 0. The Kier molecular flexibility index (Phi) is 10.8. The fraction of sp³-hybridized carbons (Fsp3) is 0.600. The van der Waals surface area contributed by atoms with Crippen molar-refractivity contribution in [3.63, 3.8) is 0 Å². The molecule has 1 amide bonds. The van der Waals surface area contributed by atoms with Gasteiger partial charge in [0.25, 0.3) is 0 Å². The van der Waals surface area contributed by atoms with E-state index in [0.29, 0.717) is 19.5 Å². The fourth-order valence-electron chi connectivity index (χ4n) is 1.24. The zero-order valence-electron chi connectivity index (χ0n) is 10.2. The average molecular weight is 300 g/mol. The van der Waals surface area contributed by atoms with E-state index in [1.54, 1.807) is 11.3 Å². The van der Waals surface area contributed by atoms with Crippen LogP contribution in [0.4, 0.5) is 0 Å². The average Bonchev–Trinajstić information content (AvgIpc) is 2.51. The van der Waals surface area contributed by atoms with Crippen molar-refractivity contribution in [2.45, 2.75) is 26.8 Å². The highest BCUT2D eigenvalue weighted by molar-refractivity contribution is 7.11. The second-order valence-corrected chi connectivity index (χ2v) is 4.66. The van der Waals surface area contributed by atoms with Crippen LogP contribution in [0.25, 0.3) is 0 Å². The molecule has 1 aromatic rings. The Bertz CT molecular complexity index is 344. The minimum absolute atomic E-state index is 0. The molecular weight excluding hydrogens is 281 g/mol. The van der Waals surface area contributed by atoms with Gasteiger partial charge in [-0.3, -0.25) is 4.79 Å². The first kappa shape index (κ1) is 19.0. The number of nitrogens with zero attached hydrogens (tertiary/aromatic N) is 1. The Morgan fingerprint density at radius 3 is 2.47 bits per heavy atom. The Morgan fingerprint density at radius 1 is 1.35 bits per heavy atom. The number of hydrogen-bond donors (Lipinski definition) is 2. The van der Waals surface area contributed by atoms with Crippen molar-refractivity contribution in [3.8, 4) is 0 Å². The van der Waals surface area contributed by atoms with Crippen LogP contribution < -0.4 is 10.6 Å². The molecule has 0 aliphatic carbocycles. The van der Waals surface area contributed by atoms with Gasteiger partial charge >= 0.3 is 0 Å². The van der Waals surface area contributed by atoms with Crippen molar-refractivity contribution in [2.24, 2.45) is 0 Å². The lowest BCUT2D eigenvalue weighted by atomic mass is 10.3. The van der Waals surface area contributed by atoms with Gasteiger partial charge in [0.1, 0.15) is 0 Å². The first-order valence-electron chi connectivity index (χ1n) is 4.97. The summed E-state index contributed by atoms with van der Waals surface area (Å²) in [4.78, 5) is 16.8. The standard InChI is InChI=1S/C10H17N3OS.2ClH/c1-7-9(15-8(2)13-7)6-12-10(14)4-5-11-3;;/h11H,4-6H2,1-3H3,(H,12,14);2*1H. The van der Waals surface area contributed by atoms with E-state index in [-0.39, 0.29) is 30.7 Å². The van der Waals surface area contributed by atoms with Gasteiger partial charge in [-0.25, -0.2) is 4.98 Å². The first-order valence-corrected chi connectivity index (χ1v) is 5.79. The van der Waals surface area contributed by atoms with Crippen molar-refractivity contribution >= 4 is 42.1 Å². The second kappa shape index (κ2) is 9.65. The van der Waals surface area contributed by atoms with Gasteiger partial charge in [0.2, 0.25) is 5.91 Å². The highest BCUT2D eigenvalue weighted by atomic mass is 35.5. The van der Waals surface area contributed by atoms with Crippen LogP contribution in [-0.4, -0.2) is 24.5 Å². The molecule has 0 radical (unpaired) electrons. The Hall–Kier alpha value is -0.360. The number of aromatic nitrogens is 1. The molecule has 0 aliphatic rings. The van der Waals surface area contributed by atoms with Crippen LogP contribution in [0.3, 0.4) is 0 Å². The zero-order valence-corrected chi connectivity index (χ0v) is 12.7. The minimum atomic E-state index is 0. The summed E-state index contributed by atoms with van der Waals surface area (Å²) in [6, 6.07) is 0. The third kappa shape index (κ3) is 6.83. The molecule has 0 spiro atoms. The summed E-state index contributed by atoms with van der Waals surface area (Å²) in [6.07, 6.45) is 0.521. The van der Waals surface area contributed by atoms with Crippen LogP contribution in [0.15, 0.2) is 0 Å². The third-order valence-corrected chi connectivity index (χ3v) is 3.12. The van der Waals surface area contributed by atoms with Gasteiger partial charge in [-0.05, 0) is 20.9 Å². The van der Waals surface area contributed by atoms with E-state index < -0.39 is 0 Å². The summed E-state index contributed by atoms with van der Waals surface area (Å²) in [5.74, 6) is 0.0785. The molecule has 1 heterocycles. The number of amides is 1. The maximum Gasteiger partial charge on any atom is 0.221 e. The van der Waals surface area contributed by atoms with Crippen molar-refractivity contribution in [3.05, 3.63) is 15.6 Å². The van der Waals surface area contributed by atoms with Gasteiger partial charge in [0.05, 0.1) is 17.2 Å². The number of nitrogens with one attached hydrogen (secondary N) is 2. The number of halogens is 2. The predicted molar refractivity (Wildman–Crippen MR) is 76.5 cm³/mol.